The summed E-state index contributed by atoms with van der Waals surface area (Å²) < 4.78 is 13.6. The number of nitrogens with zero attached hydrogens (tertiary/aromatic N) is 3. The predicted molar refractivity (Wildman–Crippen MR) is 103 cm³/mol. The van der Waals surface area contributed by atoms with Gasteiger partial charge in [0.05, 0.1) is 41.8 Å². The van der Waals surface area contributed by atoms with Gasteiger partial charge in [-0.3, -0.25) is 0 Å². The molecule has 0 saturated heterocycles. The highest BCUT2D eigenvalue weighted by Gasteiger charge is 2.12. The SMILES string of the molecule is O=C(Nc1cccc2nsnc12)Nc1cccc2[nH]c(COCCO)nc12. The Balaban J connectivity index is 1.52. The van der Waals surface area contributed by atoms with E-state index in [4.69, 9.17) is 9.84 Å². The Kier molecular flexibility index (Phi) is 4.92. The molecular weight excluding hydrogens is 368 g/mol. The van der Waals surface area contributed by atoms with E-state index in [9.17, 15) is 4.79 Å². The standard InChI is InChI=1S/C17H16N6O3S/c24-7-8-26-9-14-18-10-3-1-4-11(15(10)21-14)19-17(25)20-12-5-2-6-13-16(12)23-27-22-13/h1-6,24H,7-9H2,(H,18,21)(H2,19,20,25). The molecule has 0 saturated carbocycles. The molecule has 9 nitrogen and oxygen atoms in total. The Morgan fingerprint density at radius 1 is 1.11 bits per heavy atom. The van der Waals surface area contributed by atoms with Crippen LogP contribution in [0.25, 0.3) is 22.1 Å². The lowest BCUT2D eigenvalue weighted by Gasteiger charge is -2.08. The molecule has 0 aliphatic carbocycles. The van der Waals surface area contributed by atoms with Gasteiger partial charge < -0.3 is 25.5 Å². The molecule has 2 heterocycles. The molecule has 2 amide bonds. The van der Waals surface area contributed by atoms with E-state index in [0.717, 1.165) is 22.8 Å². The molecule has 0 spiro atoms. The topological polar surface area (TPSA) is 125 Å². The number of rotatable bonds is 6. The first-order valence-electron chi connectivity index (χ1n) is 8.20. The number of carbonyl (C=O) groups is 1. The maximum Gasteiger partial charge on any atom is 0.323 e. The molecule has 4 rings (SSSR count). The Bertz CT molecular complexity index is 1090. The summed E-state index contributed by atoms with van der Waals surface area (Å²) in [5, 5.41) is 14.4. The number of nitrogens with one attached hydrogen (secondary N) is 3. The van der Waals surface area contributed by atoms with Gasteiger partial charge in [-0.05, 0) is 24.3 Å². The van der Waals surface area contributed by atoms with Crippen molar-refractivity contribution in [3.8, 4) is 0 Å². The fraction of sp³-hybridized carbons (Fsp3) is 0.176. The average Bonchev–Trinajstić information content (AvgIpc) is 3.29. The maximum absolute atomic E-state index is 12.5. The Hall–Kier alpha value is -3.08. The number of para-hydroxylation sites is 1. The second-order valence-corrected chi connectivity index (χ2v) is 6.21. The summed E-state index contributed by atoms with van der Waals surface area (Å²) in [5.41, 5.74) is 3.95. The number of H-pyrrole nitrogens is 1. The highest BCUT2D eigenvalue weighted by Crippen LogP contribution is 2.24. The summed E-state index contributed by atoms with van der Waals surface area (Å²) in [7, 11) is 0. The number of benzene rings is 2. The van der Waals surface area contributed by atoms with Gasteiger partial charge in [0, 0.05) is 0 Å². The Morgan fingerprint density at radius 2 is 1.89 bits per heavy atom. The third-order valence-corrected chi connectivity index (χ3v) is 4.36. The summed E-state index contributed by atoms with van der Waals surface area (Å²) in [6.07, 6.45) is 0. The molecule has 27 heavy (non-hydrogen) atoms. The van der Waals surface area contributed by atoms with Crippen molar-refractivity contribution in [2.45, 2.75) is 6.61 Å². The zero-order chi connectivity index (χ0) is 18.6. The second kappa shape index (κ2) is 7.66. The summed E-state index contributed by atoms with van der Waals surface area (Å²) >= 11 is 1.10. The minimum Gasteiger partial charge on any atom is -0.394 e. The van der Waals surface area contributed by atoms with Gasteiger partial charge in [0.25, 0.3) is 0 Å². The van der Waals surface area contributed by atoms with E-state index >= 15 is 0 Å². The van der Waals surface area contributed by atoms with Crippen molar-refractivity contribution >= 4 is 51.2 Å². The van der Waals surface area contributed by atoms with Crippen molar-refractivity contribution < 1.29 is 14.6 Å². The molecular formula is C17H16N6O3S. The Morgan fingerprint density at radius 3 is 2.70 bits per heavy atom. The zero-order valence-corrected chi connectivity index (χ0v) is 14.9. The maximum atomic E-state index is 12.5. The molecule has 4 aromatic rings. The minimum atomic E-state index is -0.399. The molecule has 0 aliphatic heterocycles. The van der Waals surface area contributed by atoms with Crippen LogP contribution in [0.2, 0.25) is 0 Å². The van der Waals surface area contributed by atoms with E-state index in [1.165, 1.54) is 0 Å². The van der Waals surface area contributed by atoms with Crippen LogP contribution >= 0.6 is 11.7 Å². The van der Waals surface area contributed by atoms with Crippen molar-refractivity contribution in [2.24, 2.45) is 0 Å². The number of aromatic nitrogens is 4. The highest BCUT2D eigenvalue weighted by molar-refractivity contribution is 7.00. The lowest BCUT2D eigenvalue weighted by Crippen LogP contribution is -2.19. The van der Waals surface area contributed by atoms with Crippen LogP contribution in [0, 0.1) is 0 Å². The first-order chi connectivity index (χ1) is 13.2. The number of amides is 2. The predicted octanol–water partition coefficient (Wildman–Crippen LogP) is 2.72. The first kappa shape index (κ1) is 17.3. The molecule has 0 unspecified atom stereocenters. The number of aliphatic hydroxyl groups is 1. The molecule has 138 valence electrons. The van der Waals surface area contributed by atoms with Crippen molar-refractivity contribution in [3.63, 3.8) is 0 Å². The smallest absolute Gasteiger partial charge is 0.323 e. The second-order valence-electron chi connectivity index (χ2n) is 5.68. The first-order valence-corrected chi connectivity index (χ1v) is 8.93. The van der Waals surface area contributed by atoms with Crippen molar-refractivity contribution in [3.05, 3.63) is 42.2 Å². The molecule has 2 aromatic carbocycles. The van der Waals surface area contributed by atoms with Gasteiger partial charge in [-0.25, -0.2) is 9.78 Å². The van der Waals surface area contributed by atoms with Gasteiger partial charge in [0.15, 0.2) is 0 Å². The van der Waals surface area contributed by atoms with Crippen LogP contribution in [-0.2, 0) is 11.3 Å². The fourth-order valence-corrected chi connectivity index (χ4v) is 3.22. The molecule has 0 fully saturated rings. The number of carbonyl (C=O) groups excluding carboxylic acids is 1. The summed E-state index contributed by atoms with van der Waals surface area (Å²) in [4.78, 5) is 20.0. The van der Waals surface area contributed by atoms with Crippen molar-refractivity contribution in [1.82, 2.24) is 18.7 Å². The van der Waals surface area contributed by atoms with E-state index in [-0.39, 0.29) is 19.8 Å². The van der Waals surface area contributed by atoms with Crippen LogP contribution in [0.1, 0.15) is 5.82 Å². The van der Waals surface area contributed by atoms with E-state index in [2.05, 4.69) is 29.3 Å². The highest BCUT2D eigenvalue weighted by atomic mass is 32.1. The van der Waals surface area contributed by atoms with Gasteiger partial charge in [0.2, 0.25) is 0 Å². The van der Waals surface area contributed by atoms with Crippen LogP contribution in [0.4, 0.5) is 16.2 Å². The Labute approximate surface area is 157 Å². The number of imidazole rings is 1. The van der Waals surface area contributed by atoms with Crippen LogP contribution in [0.5, 0.6) is 0 Å². The summed E-state index contributed by atoms with van der Waals surface area (Å²) in [6.45, 7) is 0.440. The normalized spacial score (nSPS) is 11.1. The number of aromatic amines is 1. The summed E-state index contributed by atoms with van der Waals surface area (Å²) in [5.74, 6) is 0.617. The summed E-state index contributed by atoms with van der Waals surface area (Å²) in [6, 6.07) is 10.5. The van der Waals surface area contributed by atoms with E-state index in [1.807, 2.05) is 24.3 Å². The minimum absolute atomic E-state index is 0.0472. The van der Waals surface area contributed by atoms with E-state index in [1.54, 1.807) is 12.1 Å². The quantitative estimate of drug-likeness (QED) is 0.379. The average molecular weight is 384 g/mol. The van der Waals surface area contributed by atoms with Gasteiger partial charge in [-0.15, -0.1) is 0 Å². The molecule has 10 heteroatoms. The third kappa shape index (κ3) is 3.72. The molecule has 4 N–H and O–H groups in total. The third-order valence-electron chi connectivity index (χ3n) is 3.82. The van der Waals surface area contributed by atoms with Crippen molar-refractivity contribution in [1.29, 1.82) is 0 Å². The largest absolute Gasteiger partial charge is 0.394 e. The molecule has 0 radical (unpaired) electrons. The van der Waals surface area contributed by atoms with Crippen LogP contribution in [-0.4, -0.2) is 43.1 Å². The number of urea groups is 1. The van der Waals surface area contributed by atoms with Crippen LogP contribution < -0.4 is 10.6 Å². The van der Waals surface area contributed by atoms with E-state index < -0.39 is 6.03 Å². The lowest BCUT2D eigenvalue weighted by atomic mass is 10.2. The number of aliphatic hydroxyl groups excluding tert-OH is 1. The molecule has 0 bridgehead atoms. The molecule has 0 aliphatic rings. The lowest BCUT2D eigenvalue weighted by molar-refractivity contribution is 0.0782. The number of ether oxygens (including phenoxy) is 1. The molecule has 0 atom stereocenters. The monoisotopic (exact) mass is 384 g/mol. The number of anilines is 2. The van der Waals surface area contributed by atoms with Gasteiger partial charge in [-0.1, -0.05) is 12.1 Å². The van der Waals surface area contributed by atoms with Gasteiger partial charge in [0.1, 0.15) is 29.0 Å². The van der Waals surface area contributed by atoms with Crippen LogP contribution in [0.15, 0.2) is 36.4 Å². The van der Waals surface area contributed by atoms with Gasteiger partial charge >= 0.3 is 6.03 Å². The fourth-order valence-electron chi connectivity index (χ4n) is 2.67. The number of hydrogen-bond acceptors (Lipinski definition) is 7. The van der Waals surface area contributed by atoms with Gasteiger partial charge in [-0.2, -0.15) is 8.75 Å². The number of fused-ring (bicyclic) bond motifs is 2. The zero-order valence-electron chi connectivity index (χ0n) is 14.1. The van der Waals surface area contributed by atoms with E-state index in [0.29, 0.717) is 28.2 Å². The number of hydrogen-bond donors (Lipinski definition) is 4. The van der Waals surface area contributed by atoms with Crippen molar-refractivity contribution in [2.75, 3.05) is 23.8 Å². The molecule has 2 aromatic heterocycles. The van der Waals surface area contributed by atoms with Crippen LogP contribution in [0.3, 0.4) is 0 Å².